The van der Waals surface area contributed by atoms with E-state index < -0.39 is 11.9 Å². The van der Waals surface area contributed by atoms with E-state index >= 15 is 0 Å². The van der Waals surface area contributed by atoms with Gasteiger partial charge in [0.2, 0.25) is 0 Å². The summed E-state index contributed by atoms with van der Waals surface area (Å²) in [6, 6.07) is 0. The first kappa shape index (κ1) is 26.8. The fourth-order valence-corrected chi connectivity index (χ4v) is 3.81. The molecule has 0 aromatic carbocycles. The minimum Gasteiger partial charge on any atom is -0.463 e. The zero-order valence-corrected chi connectivity index (χ0v) is 19.6. The molecule has 0 radical (unpaired) electrons. The Hall–Kier alpha value is -1.48. The Morgan fingerprint density at radius 3 is 1.38 bits per heavy atom. The van der Waals surface area contributed by atoms with Crippen LogP contribution in [0, 0.1) is 0 Å². The molecule has 32 heavy (non-hydrogen) atoms. The maximum Gasteiger partial charge on any atom is 0.331 e. The van der Waals surface area contributed by atoms with Gasteiger partial charge in [0.15, 0.2) is 0 Å². The van der Waals surface area contributed by atoms with Crippen molar-refractivity contribution < 1.29 is 28.5 Å². The average molecular weight is 455 g/mol. The molecule has 0 spiro atoms. The third-order valence-electron chi connectivity index (χ3n) is 5.79. The Kier molecular flexibility index (Phi) is 15.1. The minimum atomic E-state index is -0.488. The number of unbranched alkanes of at least 4 members (excludes halogenated alkanes) is 6. The second kappa shape index (κ2) is 18.0. The number of hydrogen-bond acceptors (Lipinski definition) is 8. The van der Waals surface area contributed by atoms with Crippen LogP contribution in [0.3, 0.4) is 0 Å². The Bertz CT molecular complexity index is 485. The molecule has 0 saturated carbocycles. The molecular weight excluding hydrogens is 412 g/mol. The maximum atomic E-state index is 11.7. The number of ether oxygens (including phenoxy) is 4. The fourth-order valence-electron chi connectivity index (χ4n) is 3.81. The summed E-state index contributed by atoms with van der Waals surface area (Å²) >= 11 is 0. The number of carbonyl (C=O) groups excluding carboxylic acids is 2. The molecule has 0 aromatic rings. The van der Waals surface area contributed by atoms with Gasteiger partial charge < -0.3 is 18.9 Å². The van der Waals surface area contributed by atoms with Gasteiger partial charge in [-0.15, -0.1) is 0 Å². The van der Waals surface area contributed by atoms with E-state index in [1.54, 1.807) is 0 Å². The molecule has 0 N–H and O–H groups in total. The molecule has 2 aliphatic heterocycles. The van der Waals surface area contributed by atoms with Gasteiger partial charge in [0.1, 0.15) is 0 Å². The van der Waals surface area contributed by atoms with E-state index in [1.807, 2.05) is 0 Å². The molecule has 0 bridgehead atoms. The summed E-state index contributed by atoms with van der Waals surface area (Å²) in [6.07, 6.45) is 10.7. The van der Waals surface area contributed by atoms with Crippen LogP contribution in [0.25, 0.3) is 0 Å². The summed E-state index contributed by atoms with van der Waals surface area (Å²) in [5, 5.41) is 0. The molecule has 8 heteroatoms. The Morgan fingerprint density at radius 2 is 0.969 bits per heavy atom. The van der Waals surface area contributed by atoms with Gasteiger partial charge in [0.25, 0.3) is 0 Å². The van der Waals surface area contributed by atoms with Crippen molar-refractivity contribution in [3.8, 4) is 0 Å². The largest absolute Gasteiger partial charge is 0.463 e. The highest BCUT2D eigenvalue weighted by atomic mass is 16.5. The van der Waals surface area contributed by atoms with Gasteiger partial charge in [-0.3, -0.25) is 9.80 Å². The summed E-state index contributed by atoms with van der Waals surface area (Å²) in [5.74, 6) is -0.975. The van der Waals surface area contributed by atoms with Crippen LogP contribution >= 0.6 is 0 Å². The van der Waals surface area contributed by atoms with Gasteiger partial charge in [-0.25, -0.2) is 9.59 Å². The first-order valence-electron chi connectivity index (χ1n) is 12.4. The number of esters is 2. The molecule has 0 aromatic heterocycles. The van der Waals surface area contributed by atoms with Crippen LogP contribution in [-0.2, 0) is 28.5 Å². The van der Waals surface area contributed by atoms with Gasteiger partial charge in [0.05, 0.1) is 39.6 Å². The van der Waals surface area contributed by atoms with Crippen molar-refractivity contribution in [2.24, 2.45) is 0 Å². The highest BCUT2D eigenvalue weighted by molar-refractivity contribution is 5.91. The van der Waals surface area contributed by atoms with Crippen LogP contribution < -0.4 is 0 Å². The molecule has 2 aliphatic rings. The number of hydrogen-bond donors (Lipinski definition) is 0. The second-order valence-electron chi connectivity index (χ2n) is 8.40. The van der Waals surface area contributed by atoms with E-state index in [9.17, 15) is 9.59 Å². The zero-order chi connectivity index (χ0) is 22.7. The summed E-state index contributed by atoms with van der Waals surface area (Å²) in [6.45, 7) is 10.5. The smallest absolute Gasteiger partial charge is 0.331 e. The van der Waals surface area contributed by atoms with Crippen molar-refractivity contribution in [3.05, 3.63) is 12.2 Å². The second-order valence-corrected chi connectivity index (χ2v) is 8.40. The molecule has 0 atom stereocenters. The van der Waals surface area contributed by atoms with Crippen LogP contribution in [0.1, 0.15) is 51.4 Å². The van der Waals surface area contributed by atoms with Gasteiger partial charge >= 0.3 is 11.9 Å². The average Bonchev–Trinajstić information content (AvgIpc) is 2.83. The molecule has 2 heterocycles. The minimum absolute atomic E-state index is 0.389. The first-order valence-corrected chi connectivity index (χ1v) is 12.4. The number of rotatable bonds is 16. The van der Waals surface area contributed by atoms with Crippen molar-refractivity contribution in [2.45, 2.75) is 51.4 Å². The predicted octanol–water partition coefficient (Wildman–Crippen LogP) is 2.41. The zero-order valence-electron chi connectivity index (χ0n) is 19.6. The number of nitrogens with zero attached hydrogens (tertiary/aromatic N) is 2. The Balaban J connectivity index is 1.34. The highest BCUT2D eigenvalue weighted by Gasteiger charge is 2.10. The summed E-state index contributed by atoms with van der Waals surface area (Å²) in [7, 11) is 0. The van der Waals surface area contributed by atoms with Crippen LogP contribution in [-0.4, -0.2) is 101 Å². The van der Waals surface area contributed by atoms with E-state index in [1.165, 1.54) is 0 Å². The molecule has 0 aliphatic carbocycles. The lowest BCUT2D eigenvalue weighted by Crippen LogP contribution is -2.36. The number of morpholine rings is 2. The van der Waals surface area contributed by atoms with Crippen LogP contribution in [0.5, 0.6) is 0 Å². The molecule has 8 nitrogen and oxygen atoms in total. The monoisotopic (exact) mass is 454 g/mol. The van der Waals surface area contributed by atoms with E-state index in [-0.39, 0.29) is 0 Å². The molecule has 0 unspecified atom stereocenters. The first-order chi connectivity index (χ1) is 15.7. The third-order valence-corrected chi connectivity index (χ3v) is 5.79. The lowest BCUT2D eigenvalue weighted by molar-refractivity contribution is -0.140. The van der Waals surface area contributed by atoms with Crippen molar-refractivity contribution in [1.29, 1.82) is 0 Å². The highest BCUT2D eigenvalue weighted by Crippen LogP contribution is 2.06. The van der Waals surface area contributed by atoms with Crippen LogP contribution in [0.2, 0.25) is 0 Å². The van der Waals surface area contributed by atoms with Crippen molar-refractivity contribution >= 4 is 11.9 Å². The van der Waals surface area contributed by atoms with E-state index in [4.69, 9.17) is 18.9 Å². The van der Waals surface area contributed by atoms with Gasteiger partial charge in [-0.1, -0.05) is 25.7 Å². The summed E-state index contributed by atoms with van der Waals surface area (Å²) < 4.78 is 21.0. The van der Waals surface area contributed by atoms with Crippen LogP contribution in [0.4, 0.5) is 0 Å². The van der Waals surface area contributed by atoms with E-state index in [0.29, 0.717) is 13.2 Å². The maximum absolute atomic E-state index is 11.7. The van der Waals surface area contributed by atoms with Gasteiger partial charge in [0, 0.05) is 38.3 Å². The van der Waals surface area contributed by atoms with Crippen molar-refractivity contribution in [1.82, 2.24) is 9.80 Å². The van der Waals surface area contributed by atoms with Gasteiger partial charge in [-0.2, -0.15) is 0 Å². The molecule has 0 amide bonds. The summed E-state index contributed by atoms with van der Waals surface area (Å²) in [4.78, 5) is 28.2. The fraction of sp³-hybridized carbons (Fsp3) is 0.833. The quantitative estimate of drug-likeness (QED) is 0.200. The van der Waals surface area contributed by atoms with E-state index in [2.05, 4.69) is 9.80 Å². The lowest BCUT2D eigenvalue weighted by atomic mass is 10.2. The van der Waals surface area contributed by atoms with Crippen LogP contribution in [0.15, 0.2) is 12.2 Å². The standard InChI is InChI=1S/C24H42N2O6/c27-23(31-17-7-3-1-5-11-25-13-19-29-20-14-25)9-10-24(28)32-18-8-4-2-6-12-26-15-21-30-22-16-26/h9-10H,1-8,11-22H2/b10-9+. The van der Waals surface area contributed by atoms with Crippen molar-refractivity contribution in [3.63, 3.8) is 0 Å². The van der Waals surface area contributed by atoms with Crippen molar-refractivity contribution in [2.75, 3.05) is 78.9 Å². The summed E-state index contributed by atoms with van der Waals surface area (Å²) in [5.41, 5.74) is 0. The molecular formula is C24H42N2O6. The lowest BCUT2D eigenvalue weighted by Gasteiger charge is -2.26. The predicted molar refractivity (Wildman–Crippen MR) is 123 cm³/mol. The van der Waals surface area contributed by atoms with Gasteiger partial charge in [-0.05, 0) is 38.8 Å². The van der Waals surface area contributed by atoms with E-state index in [0.717, 1.165) is 129 Å². The topological polar surface area (TPSA) is 77.5 Å². The molecule has 2 fully saturated rings. The molecule has 184 valence electrons. The molecule has 2 saturated heterocycles. The third kappa shape index (κ3) is 13.8. The Morgan fingerprint density at radius 1 is 0.594 bits per heavy atom. The normalized spacial score (nSPS) is 18.1. The Labute approximate surface area is 193 Å². The molecule has 2 rings (SSSR count). The SMILES string of the molecule is O=C(/C=C/C(=O)OCCCCCCN1CCOCC1)OCCCCCCN1CCOCC1. The number of carbonyl (C=O) groups is 2.